The Morgan fingerprint density at radius 2 is 1.46 bits per heavy atom. The normalized spacial score (nSPS) is 17.9. The molecule has 0 atom stereocenters. The van der Waals surface area contributed by atoms with Crippen LogP contribution in [0.1, 0.15) is 58.8 Å². The molecule has 1 aromatic rings. The van der Waals surface area contributed by atoms with E-state index in [1.807, 2.05) is 39.8 Å². The molecule has 1 fully saturated rings. The van der Waals surface area contributed by atoms with E-state index in [0.29, 0.717) is 12.1 Å². The van der Waals surface area contributed by atoms with Gasteiger partial charge in [-0.05, 0) is 66.1 Å². The minimum absolute atomic E-state index is 0.216. The number of alkyl carbamates (subject to hydrolysis) is 1. The topological polar surface area (TPSA) is 85.9 Å². The molecule has 28 heavy (non-hydrogen) atoms. The fraction of sp³-hybridized carbons (Fsp3) is 0.600. The SMILES string of the molecule is CC(C)(C)OC(=O)NCCNC(=O)c1ccc(B2OC(C)(C)C(C)(C)O2)cc1. The summed E-state index contributed by atoms with van der Waals surface area (Å²) in [7, 11) is -0.458. The minimum atomic E-state index is -0.549. The van der Waals surface area contributed by atoms with Crippen LogP contribution in [-0.4, -0.2) is 49.0 Å². The Morgan fingerprint density at radius 1 is 0.964 bits per heavy atom. The van der Waals surface area contributed by atoms with Crippen LogP contribution in [0.4, 0.5) is 4.79 Å². The molecule has 0 spiro atoms. The fourth-order valence-corrected chi connectivity index (χ4v) is 2.53. The van der Waals surface area contributed by atoms with Crippen LogP contribution in [-0.2, 0) is 14.0 Å². The Kier molecular flexibility index (Phi) is 6.46. The van der Waals surface area contributed by atoms with Gasteiger partial charge in [-0.25, -0.2) is 4.79 Å². The van der Waals surface area contributed by atoms with Gasteiger partial charge in [-0.15, -0.1) is 0 Å². The van der Waals surface area contributed by atoms with Crippen molar-refractivity contribution in [2.75, 3.05) is 13.1 Å². The van der Waals surface area contributed by atoms with Gasteiger partial charge in [-0.2, -0.15) is 0 Å². The predicted octanol–water partition coefficient (Wildman–Crippen LogP) is 2.24. The summed E-state index contributed by atoms with van der Waals surface area (Å²) in [5.74, 6) is -0.216. The van der Waals surface area contributed by atoms with Gasteiger partial charge in [0.15, 0.2) is 0 Å². The standard InChI is InChI=1S/C20H31BN2O5/c1-18(2,3)26-17(25)23-13-12-22-16(24)14-8-10-15(11-9-14)21-27-19(4,5)20(6,7)28-21/h8-11H,12-13H2,1-7H3,(H,22,24)(H,23,25). The van der Waals surface area contributed by atoms with Crippen molar-refractivity contribution in [1.29, 1.82) is 0 Å². The zero-order valence-corrected chi connectivity index (χ0v) is 17.8. The van der Waals surface area contributed by atoms with Crippen molar-refractivity contribution < 1.29 is 23.6 Å². The summed E-state index contributed by atoms with van der Waals surface area (Å²) in [6, 6.07) is 7.13. The lowest BCUT2D eigenvalue weighted by molar-refractivity contribution is 0.00578. The van der Waals surface area contributed by atoms with Crippen molar-refractivity contribution in [2.45, 2.75) is 65.3 Å². The first-order valence-corrected chi connectivity index (χ1v) is 9.51. The molecule has 1 aromatic carbocycles. The van der Waals surface area contributed by atoms with Gasteiger partial charge in [0.2, 0.25) is 0 Å². The second kappa shape index (κ2) is 8.13. The largest absolute Gasteiger partial charge is 0.494 e. The van der Waals surface area contributed by atoms with Crippen LogP contribution in [0.3, 0.4) is 0 Å². The highest BCUT2D eigenvalue weighted by Crippen LogP contribution is 2.36. The highest BCUT2D eigenvalue weighted by Gasteiger charge is 2.51. The molecular weight excluding hydrogens is 359 g/mol. The van der Waals surface area contributed by atoms with Crippen LogP contribution < -0.4 is 16.1 Å². The molecule has 2 amide bonds. The first kappa shape index (κ1) is 22.2. The third-order valence-corrected chi connectivity index (χ3v) is 4.78. The van der Waals surface area contributed by atoms with Gasteiger partial charge in [-0.1, -0.05) is 12.1 Å². The van der Waals surface area contributed by atoms with Crippen LogP contribution in [0.2, 0.25) is 0 Å². The second-order valence-electron chi connectivity index (χ2n) is 8.89. The molecule has 1 aliphatic heterocycles. The summed E-state index contributed by atoms with van der Waals surface area (Å²) >= 11 is 0. The van der Waals surface area contributed by atoms with E-state index in [4.69, 9.17) is 14.0 Å². The number of carbonyl (C=O) groups excluding carboxylic acids is 2. The molecule has 1 aliphatic rings. The molecule has 1 saturated heterocycles. The number of hydrogen-bond donors (Lipinski definition) is 2. The fourth-order valence-electron chi connectivity index (χ4n) is 2.53. The maximum Gasteiger partial charge on any atom is 0.494 e. The third kappa shape index (κ3) is 5.72. The Balaban J connectivity index is 1.82. The van der Waals surface area contributed by atoms with Crippen molar-refractivity contribution in [2.24, 2.45) is 0 Å². The molecule has 2 N–H and O–H groups in total. The van der Waals surface area contributed by atoms with Crippen LogP contribution in [0.25, 0.3) is 0 Å². The Hall–Kier alpha value is -2.06. The lowest BCUT2D eigenvalue weighted by Crippen LogP contribution is -2.41. The number of benzene rings is 1. The molecule has 0 aliphatic carbocycles. The van der Waals surface area contributed by atoms with E-state index in [9.17, 15) is 9.59 Å². The maximum absolute atomic E-state index is 12.2. The van der Waals surface area contributed by atoms with E-state index in [1.165, 1.54) is 0 Å². The van der Waals surface area contributed by atoms with Crippen molar-refractivity contribution in [3.05, 3.63) is 29.8 Å². The van der Waals surface area contributed by atoms with Crippen molar-refractivity contribution in [3.8, 4) is 0 Å². The molecular formula is C20H31BN2O5. The van der Waals surface area contributed by atoms with Crippen LogP contribution in [0, 0.1) is 0 Å². The van der Waals surface area contributed by atoms with Gasteiger partial charge >= 0.3 is 13.2 Å². The second-order valence-corrected chi connectivity index (χ2v) is 8.89. The van der Waals surface area contributed by atoms with E-state index in [1.54, 1.807) is 32.9 Å². The highest BCUT2D eigenvalue weighted by molar-refractivity contribution is 6.62. The van der Waals surface area contributed by atoms with Gasteiger partial charge < -0.3 is 24.7 Å². The first-order chi connectivity index (χ1) is 12.8. The number of carbonyl (C=O) groups is 2. The third-order valence-electron chi connectivity index (χ3n) is 4.78. The Morgan fingerprint density at radius 3 is 1.96 bits per heavy atom. The molecule has 0 bridgehead atoms. The quantitative estimate of drug-likeness (QED) is 0.595. The number of nitrogens with one attached hydrogen (secondary N) is 2. The summed E-state index contributed by atoms with van der Waals surface area (Å²) in [5.41, 5.74) is 0.0231. The number of ether oxygens (including phenoxy) is 1. The Bertz CT molecular complexity index is 694. The van der Waals surface area contributed by atoms with Crippen LogP contribution >= 0.6 is 0 Å². The summed E-state index contributed by atoms with van der Waals surface area (Å²) in [5, 5.41) is 5.36. The molecule has 7 nitrogen and oxygen atoms in total. The zero-order chi connectivity index (χ0) is 21.2. The van der Waals surface area contributed by atoms with Gasteiger partial charge in [0, 0.05) is 18.7 Å². The van der Waals surface area contributed by atoms with E-state index in [2.05, 4.69) is 10.6 Å². The van der Waals surface area contributed by atoms with E-state index in [-0.39, 0.29) is 12.5 Å². The number of amides is 2. The van der Waals surface area contributed by atoms with Crippen molar-refractivity contribution in [3.63, 3.8) is 0 Å². The molecule has 0 saturated carbocycles. The molecule has 154 valence electrons. The highest BCUT2D eigenvalue weighted by atomic mass is 16.7. The average molecular weight is 390 g/mol. The maximum atomic E-state index is 12.2. The number of hydrogen-bond acceptors (Lipinski definition) is 5. The van der Waals surface area contributed by atoms with Gasteiger partial charge in [0.05, 0.1) is 11.2 Å². The molecule has 8 heteroatoms. The van der Waals surface area contributed by atoms with Gasteiger partial charge in [0.1, 0.15) is 5.60 Å². The van der Waals surface area contributed by atoms with Crippen molar-refractivity contribution in [1.82, 2.24) is 10.6 Å². The van der Waals surface area contributed by atoms with Crippen molar-refractivity contribution >= 4 is 24.6 Å². The molecule has 0 aromatic heterocycles. The minimum Gasteiger partial charge on any atom is -0.444 e. The smallest absolute Gasteiger partial charge is 0.444 e. The monoisotopic (exact) mass is 390 g/mol. The lowest BCUT2D eigenvalue weighted by atomic mass is 9.79. The van der Waals surface area contributed by atoms with Gasteiger partial charge in [-0.3, -0.25) is 4.79 Å². The summed E-state index contributed by atoms with van der Waals surface area (Å²) in [6.07, 6.45) is -0.506. The van der Waals surface area contributed by atoms with E-state index in [0.717, 1.165) is 5.46 Å². The van der Waals surface area contributed by atoms with E-state index < -0.39 is 30.0 Å². The van der Waals surface area contributed by atoms with Crippen LogP contribution in [0.5, 0.6) is 0 Å². The van der Waals surface area contributed by atoms with Gasteiger partial charge in [0.25, 0.3) is 5.91 Å². The van der Waals surface area contributed by atoms with E-state index >= 15 is 0 Å². The lowest BCUT2D eigenvalue weighted by Gasteiger charge is -2.32. The summed E-state index contributed by atoms with van der Waals surface area (Å²) in [6.45, 7) is 14.0. The molecule has 0 radical (unpaired) electrons. The molecule has 1 heterocycles. The molecule has 2 rings (SSSR count). The van der Waals surface area contributed by atoms with Crippen LogP contribution in [0.15, 0.2) is 24.3 Å². The Labute approximate surface area is 167 Å². The summed E-state index contributed by atoms with van der Waals surface area (Å²) in [4.78, 5) is 23.8. The zero-order valence-electron chi connectivity index (χ0n) is 17.8. The summed E-state index contributed by atoms with van der Waals surface area (Å²) < 4.78 is 17.2. The predicted molar refractivity (Wildman–Crippen MR) is 109 cm³/mol. The number of rotatable bonds is 5. The molecule has 0 unspecified atom stereocenters. The first-order valence-electron chi connectivity index (χ1n) is 9.51. The average Bonchev–Trinajstić information content (AvgIpc) is 2.78.